The molecule has 1 fully saturated rings. The van der Waals surface area contributed by atoms with E-state index in [1.54, 1.807) is 24.3 Å². The van der Waals surface area contributed by atoms with Gasteiger partial charge in [0.15, 0.2) is 0 Å². The molecule has 1 amide bonds. The van der Waals surface area contributed by atoms with Gasteiger partial charge in [-0.1, -0.05) is 18.2 Å². The van der Waals surface area contributed by atoms with Crippen molar-refractivity contribution in [3.05, 3.63) is 60.0 Å². The second-order valence-corrected chi connectivity index (χ2v) is 7.26. The molecule has 0 radical (unpaired) electrons. The average molecular weight is 430 g/mol. The molecule has 3 heterocycles. The van der Waals surface area contributed by atoms with Gasteiger partial charge in [-0.15, -0.1) is 0 Å². The summed E-state index contributed by atoms with van der Waals surface area (Å²) in [5, 5.41) is 9.00. The molecule has 0 bridgehead atoms. The van der Waals surface area contributed by atoms with Crippen LogP contribution in [0, 0.1) is 0 Å². The van der Waals surface area contributed by atoms with Crippen molar-refractivity contribution in [3.63, 3.8) is 0 Å². The van der Waals surface area contributed by atoms with E-state index in [9.17, 15) is 18.0 Å². The number of rotatable bonds is 5. The van der Waals surface area contributed by atoms with Crippen molar-refractivity contribution in [2.24, 2.45) is 0 Å². The van der Waals surface area contributed by atoms with Crippen molar-refractivity contribution in [1.82, 2.24) is 20.3 Å². The number of anilines is 2. The number of amides is 1. The van der Waals surface area contributed by atoms with E-state index in [1.807, 2.05) is 6.07 Å². The molecule has 1 atom stereocenters. The van der Waals surface area contributed by atoms with Crippen LogP contribution in [0.2, 0.25) is 0 Å². The number of para-hydroxylation sites is 1. The van der Waals surface area contributed by atoms with Gasteiger partial charge in [-0.2, -0.15) is 13.2 Å². The Morgan fingerprint density at radius 1 is 1.19 bits per heavy atom. The van der Waals surface area contributed by atoms with E-state index in [2.05, 4.69) is 30.9 Å². The molecule has 7 nitrogen and oxygen atoms in total. The number of halogens is 3. The molecule has 162 valence electrons. The van der Waals surface area contributed by atoms with Crippen molar-refractivity contribution >= 4 is 17.5 Å². The largest absolute Gasteiger partial charge is 0.419 e. The van der Waals surface area contributed by atoms with Crippen molar-refractivity contribution in [1.29, 1.82) is 0 Å². The van der Waals surface area contributed by atoms with Gasteiger partial charge in [-0.3, -0.25) is 4.79 Å². The Morgan fingerprint density at radius 3 is 2.71 bits per heavy atom. The Bertz CT molecular complexity index is 1040. The van der Waals surface area contributed by atoms with E-state index in [0.717, 1.165) is 25.6 Å². The van der Waals surface area contributed by atoms with Crippen LogP contribution in [0.3, 0.4) is 0 Å². The van der Waals surface area contributed by atoms with Crippen LogP contribution in [0.25, 0.3) is 11.3 Å². The standard InChI is InChI=1S/C21H21F3N6O/c22-21(23,24)16-12-27-20(29-15-7-4-8-25-11-15)30-18(16)13-9-17(26-10-13)19(31)28-14-5-2-1-3-6-14/h1-3,5-6,9-10,12,15,25-26H,4,7-8,11H2,(H,28,31)(H,27,29,30)/t15-/m0/s1. The predicted octanol–water partition coefficient (Wildman–Crippen LogP) is 3.91. The Balaban J connectivity index is 1.61. The summed E-state index contributed by atoms with van der Waals surface area (Å²) in [7, 11) is 0. The fourth-order valence-electron chi connectivity index (χ4n) is 3.42. The van der Waals surface area contributed by atoms with Crippen LogP contribution >= 0.6 is 0 Å². The smallest absolute Gasteiger partial charge is 0.357 e. The Morgan fingerprint density at radius 2 is 2.00 bits per heavy atom. The Hall–Kier alpha value is -3.40. The zero-order chi connectivity index (χ0) is 21.8. The van der Waals surface area contributed by atoms with Gasteiger partial charge in [0, 0.05) is 36.2 Å². The predicted molar refractivity (Wildman–Crippen MR) is 111 cm³/mol. The summed E-state index contributed by atoms with van der Waals surface area (Å²) in [5.41, 5.74) is -0.402. The molecule has 31 heavy (non-hydrogen) atoms. The number of hydrogen-bond acceptors (Lipinski definition) is 5. The van der Waals surface area contributed by atoms with Gasteiger partial charge in [0.1, 0.15) is 11.3 Å². The first-order valence-electron chi connectivity index (χ1n) is 9.87. The summed E-state index contributed by atoms with van der Waals surface area (Å²) in [6, 6.07) is 10.2. The molecule has 1 aliphatic rings. The third-order valence-electron chi connectivity index (χ3n) is 4.96. The minimum Gasteiger partial charge on any atom is -0.357 e. The van der Waals surface area contributed by atoms with Crippen molar-refractivity contribution in [3.8, 4) is 11.3 Å². The van der Waals surface area contributed by atoms with Gasteiger partial charge in [0.25, 0.3) is 5.91 Å². The number of aromatic nitrogens is 3. The van der Waals surface area contributed by atoms with Gasteiger partial charge in [-0.25, -0.2) is 9.97 Å². The van der Waals surface area contributed by atoms with Crippen LogP contribution in [-0.2, 0) is 6.18 Å². The Labute approximate surface area is 176 Å². The maximum absolute atomic E-state index is 13.6. The first kappa shape index (κ1) is 20.9. The van der Waals surface area contributed by atoms with E-state index in [1.165, 1.54) is 12.3 Å². The van der Waals surface area contributed by atoms with Crippen LogP contribution in [-0.4, -0.2) is 40.0 Å². The quantitative estimate of drug-likeness (QED) is 0.493. The molecule has 0 aliphatic carbocycles. The Kier molecular flexibility index (Phi) is 5.90. The van der Waals surface area contributed by atoms with E-state index in [4.69, 9.17) is 0 Å². The molecular weight excluding hydrogens is 409 g/mol. The van der Waals surface area contributed by atoms with Crippen LogP contribution in [0.5, 0.6) is 0 Å². The summed E-state index contributed by atoms with van der Waals surface area (Å²) < 4.78 is 40.7. The van der Waals surface area contributed by atoms with Crippen LogP contribution in [0.1, 0.15) is 28.9 Å². The minimum atomic E-state index is -4.63. The number of aromatic amines is 1. The molecule has 0 saturated carbocycles. The monoisotopic (exact) mass is 430 g/mol. The van der Waals surface area contributed by atoms with Crippen LogP contribution < -0.4 is 16.0 Å². The number of piperidine rings is 1. The van der Waals surface area contributed by atoms with Gasteiger partial charge in [-0.05, 0) is 37.6 Å². The summed E-state index contributed by atoms with van der Waals surface area (Å²) in [6.45, 7) is 1.60. The summed E-state index contributed by atoms with van der Waals surface area (Å²) in [6.07, 6.45) is -0.686. The topological polar surface area (TPSA) is 94.7 Å². The molecular formula is C21H21F3N6O. The third-order valence-corrected chi connectivity index (χ3v) is 4.96. The molecule has 0 spiro atoms. The summed E-state index contributed by atoms with van der Waals surface area (Å²) in [4.78, 5) is 23.2. The summed E-state index contributed by atoms with van der Waals surface area (Å²) >= 11 is 0. The number of carbonyl (C=O) groups is 1. The number of nitrogens with one attached hydrogen (secondary N) is 4. The maximum atomic E-state index is 13.6. The van der Waals surface area contributed by atoms with Gasteiger partial charge in [0.05, 0.1) is 5.69 Å². The lowest BCUT2D eigenvalue weighted by Gasteiger charge is -2.24. The maximum Gasteiger partial charge on any atom is 0.419 e. The highest BCUT2D eigenvalue weighted by Gasteiger charge is 2.36. The van der Waals surface area contributed by atoms with Gasteiger partial charge < -0.3 is 20.9 Å². The van der Waals surface area contributed by atoms with Crippen LogP contribution in [0.4, 0.5) is 24.8 Å². The lowest BCUT2D eigenvalue weighted by molar-refractivity contribution is -0.137. The summed E-state index contributed by atoms with van der Waals surface area (Å²) in [5.74, 6) is -0.347. The number of hydrogen-bond donors (Lipinski definition) is 4. The number of carbonyl (C=O) groups excluding carboxylic acids is 1. The molecule has 4 N–H and O–H groups in total. The zero-order valence-electron chi connectivity index (χ0n) is 16.5. The zero-order valence-corrected chi connectivity index (χ0v) is 16.5. The number of benzene rings is 1. The van der Waals surface area contributed by atoms with Gasteiger partial charge >= 0.3 is 6.18 Å². The molecule has 1 aromatic carbocycles. The van der Waals surface area contributed by atoms with Gasteiger partial charge in [0.2, 0.25) is 5.95 Å². The van der Waals surface area contributed by atoms with E-state index in [0.29, 0.717) is 12.2 Å². The number of H-pyrrole nitrogens is 1. The fourth-order valence-corrected chi connectivity index (χ4v) is 3.42. The molecule has 0 unspecified atom stereocenters. The molecule has 1 saturated heterocycles. The lowest BCUT2D eigenvalue weighted by atomic mass is 10.1. The average Bonchev–Trinajstić information content (AvgIpc) is 3.25. The number of nitrogens with zero attached hydrogens (tertiary/aromatic N) is 2. The SMILES string of the molecule is O=C(Nc1ccccc1)c1cc(-c2nc(N[C@H]3CCCNC3)ncc2C(F)(F)F)c[nH]1. The van der Waals surface area contributed by atoms with Crippen molar-refractivity contribution in [2.45, 2.75) is 25.1 Å². The van der Waals surface area contributed by atoms with E-state index >= 15 is 0 Å². The highest BCUT2D eigenvalue weighted by atomic mass is 19.4. The van der Waals surface area contributed by atoms with Crippen LogP contribution in [0.15, 0.2) is 48.8 Å². The lowest BCUT2D eigenvalue weighted by Crippen LogP contribution is -2.38. The second-order valence-electron chi connectivity index (χ2n) is 7.26. The molecule has 2 aromatic heterocycles. The highest BCUT2D eigenvalue weighted by molar-refractivity contribution is 6.03. The minimum absolute atomic E-state index is 0.0387. The normalized spacial score (nSPS) is 16.7. The molecule has 10 heteroatoms. The van der Waals surface area contributed by atoms with Crippen molar-refractivity contribution in [2.75, 3.05) is 23.7 Å². The van der Waals surface area contributed by atoms with E-state index in [-0.39, 0.29) is 28.9 Å². The van der Waals surface area contributed by atoms with E-state index < -0.39 is 17.6 Å². The second kappa shape index (κ2) is 8.76. The first-order valence-corrected chi connectivity index (χ1v) is 9.87. The first-order chi connectivity index (χ1) is 14.9. The fraction of sp³-hybridized carbons (Fsp3) is 0.286. The molecule has 1 aliphatic heterocycles. The number of alkyl halides is 3. The van der Waals surface area contributed by atoms with Crippen molar-refractivity contribution < 1.29 is 18.0 Å². The third kappa shape index (κ3) is 5.02. The molecule has 3 aromatic rings. The molecule has 4 rings (SSSR count). The highest BCUT2D eigenvalue weighted by Crippen LogP contribution is 2.36.